The molecule has 3 atom stereocenters. The van der Waals surface area contributed by atoms with Crippen LogP contribution in [-0.4, -0.2) is 155 Å². The minimum atomic E-state index is -1.38. The first-order chi connectivity index (χ1) is 23.0. The molecule has 0 aromatic heterocycles. The van der Waals surface area contributed by atoms with E-state index in [0.717, 1.165) is 37.9 Å². The van der Waals surface area contributed by atoms with E-state index in [1.807, 2.05) is 0 Å². The summed E-state index contributed by atoms with van der Waals surface area (Å²) in [5, 5.41) is 35.8. The molecule has 1 aliphatic rings. The number of rotatable bonds is 13. The van der Waals surface area contributed by atoms with Crippen molar-refractivity contribution in [1.82, 2.24) is 47.1 Å². The van der Waals surface area contributed by atoms with E-state index in [0.29, 0.717) is 10.1 Å². The summed E-state index contributed by atoms with van der Waals surface area (Å²) in [4.78, 5) is 112. The van der Waals surface area contributed by atoms with Crippen molar-refractivity contribution in [2.75, 3.05) is 39.3 Å². The Morgan fingerprint density at radius 1 is 0.612 bits per heavy atom. The average molecular weight is 756 g/mol. The summed E-state index contributed by atoms with van der Waals surface area (Å²) >= 11 is 0.797. The van der Waals surface area contributed by atoms with E-state index in [4.69, 9.17) is 3.63 Å². The molecule has 0 aromatic rings. The summed E-state index contributed by atoms with van der Waals surface area (Å²) in [5.41, 5.74) is 0. The van der Waals surface area contributed by atoms with Crippen molar-refractivity contribution in [3.05, 3.63) is 0 Å². The van der Waals surface area contributed by atoms with Crippen LogP contribution >= 0.6 is 0 Å². The molecular formula is C27H44GaN9O12. The van der Waals surface area contributed by atoms with Gasteiger partial charge in [0, 0.05) is 20.4 Å². The first kappa shape index (κ1) is 42.8. The number of amides is 9. The quantitative estimate of drug-likeness (QED) is 0.0502. The van der Waals surface area contributed by atoms with Crippen LogP contribution in [0.25, 0.3) is 0 Å². The fourth-order valence-corrected chi connectivity index (χ4v) is 4.83. The third-order valence-electron chi connectivity index (χ3n) is 7.02. The van der Waals surface area contributed by atoms with Gasteiger partial charge in [0.1, 0.15) is 0 Å². The van der Waals surface area contributed by atoms with Gasteiger partial charge in [0.25, 0.3) is 0 Å². The normalized spacial score (nSPS) is 19.8. The molecule has 21 nitrogen and oxygen atoms in total. The molecule has 1 heterocycles. The number of hydrogen-bond donors (Lipinski definition) is 8. The van der Waals surface area contributed by atoms with Crippen LogP contribution in [0.2, 0.25) is 0 Å². The summed E-state index contributed by atoms with van der Waals surface area (Å²) in [7, 11) is 0. The van der Waals surface area contributed by atoms with Gasteiger partial charge < -0.3 is 10.6 Å². The Balaban J connectivity index is 3.38. The van der Waals surface area contributed by atoms with Crippen LogP contribution in [-0.2, 0) is 46.8 Å². The molecule has 0 saturated carbocycles. The van der Waals surface area contributed by atoms with E-state index in [2.05, 4.69) is 31.9 Å². The third kappa shape index (κ3) is 17.1. The Morgan fingerprint density at radius 3 is 1.43 bits per heavy atom. The monoisotopic (exact) mass is 755 g/mol. The van der Waals surface area contributed by atoms with E-state index in [-0.39, 0.29) is 58.2 Å². The molecule has 0 spiro atoms. The van der Waals surface area contributed by atoms with Gasteiger partial charge in [-0.3, -0.25) is 29.6 Å². The van der Waals surface area contributed by atoms with Gasteiger partial charge in [-0.1, -0.05) is 0 Å². The van der Waals surface area contributed by atoms with E-state index in [1.165, 1.54) is 6.92 Å². The Bertz CT molecular complexity index is 1220. The molecule has 9 amide bonds. The van der Waals surface area contributed by atoms with Gasteiger partial charge in [-0.25, -0.2) is 10.1 Å². The molecule has 8 N–H and O–H groups in total. The number of carbonyl (C=O) groups is 9. The van der Waals surface area contributed by atoms with E-state index in [1.54, 1.807) is 0 Å². The predicted octanol–water partition coefficient (Wildman–Crippen LogP) is -4.52. The molecule has 0 unspecified atom stereocenters. The fraction of sp³-hybridized carbons (Fsp3) is 0.667. The van der Waals surface area contributed by atoms with Crippen LogP contribution in [0, 0.1) is 0 Å². The summed E-state index contributed by atoms with van der Waals surface area (Å²) < 4.78 is 5.04. The van der Waals surface area contributed by atoms with Crippen LogP contribution in [0.1, 0.15) is 59.3 Å². The number of nitrogens with one attached hydrogen (secondary N) is 6. The van der Waals surface area contributed by atoms with Crippen LogP contribution in [0.4, 0.5) is 0 Å². The predicted molar refractivity (Wildman–Crippen MR) is 165 cm³/mol. The summed E-state index contributed by atoms with van der Waals surface area (Å²) in [5.74, 6) is -6.57. The zero-order chi connectivity index (χ0) is 37.1. The standard InChI is InChI=1S/C27H44N9O12.Ga/c1-16(37)34(46)10-4-7-19-25(43)30-14-23(41)28-13-22(40)29-15-24(42)31-20(8-5-11-35(47)17(2)38)26(44)33-21(27(45)32-19)9-6-12-36(48)18(3)39;/h19-21,47-48H,4-15H2,1-3H3,(H,28,41)(H,29,40)(H,30,43)(H,31,42)(H,32,45)(H,33,44);/q-1;+1/t19-,20-,21-;/m0./s1. The van der Waals surface area contributed by atoms with Crippen LogP contribution < -0.4 is 31.9 Å². The second-order valence-electron chi connectivity index (χ2n) is 11.0. The zero-order valence-electron chi connectivity index (χ0n) is 27.6. The molecule has 272 valence electrons. The van der Waals surface area contributed by atoms with Crippen molar-refractivity contribution in [2.45, 2.75) is 77.4 Å². The van der Waals surface area contributed by atoms with Gasteiger partial charge in [-0.15, -0.1) is 0 Å². The van der Waals surface area contributed by atoms with Crippen molar-refractivity contribution in [2.24, 2.45) is 0 Å². The molecule has 0 bridgehead atoms. The van der Waals surface area contributed by atoms with Crippen LogP contribution in [0.5, 0.6) is 0 Å². The number of hydroxylamine groups is 6. The molecule has 1 saturated heterocycles. The van der Waals surface area contributed by atoms with Crippen molar-refractivity contribution < 1.29 is 57.2 Å². The second kappa shape index (κ2) is 22.4. The Hall–Kier alpha value is -4.25. The average Bonchev–Trinajstić information content (AvgIpc) is 3.04. The van der Waals surface area contributed by atoms with Gasteiger partial charge in [-0.2, -0.15) is 0 Å². The van der Waals surface area contributed by atoms with Gasteiger partial charge >= 0.3 is 179 Å². The molecular weight excluding hydrogens is 712 g/mol. The molecule has 2 radical (unpaired) electrons. The number of hydrogen-bond acceptors (Lipinski definition) is 12. The van der Waals surface area contributed by atoms with Crippen molar-refractivity contribution >= 4 is 72.1 Å². The van der Waals surface area contributed by atoms with Crippen molar-refractivity contribution in [3.63, 3.8) is 0 Å². The third-order valence-corrected chi connectivity index (χ3v) is 7.55. The van der Waals surface area contributed by atoms with Gasteiger partial charge in [0.15, 0.2) is 0 Å². The first-order valence-electron chi connectivity index (χ1n) is 15.4. The van der Waals surface area contributed by atoms with Gasteiger partial charge in [0.05, 0.1) is 6.54 Å². The van der Waals surface area contributed by atoms with Crippen LogP contribution in [0.3, 0.4) is 0 Å². The zero-order valence-corrected chi connectivity index (χ0v) is 30.0. The van der Waals surface area contributed by atoms with Gasteiger partial charge in [-0.05, 0) is 12.8 Å². The Kier molecular flexibility index (Phi) is 19.5. The van der Waals surface area contributed by atoms with E-state index >= 15 is 0 Å². The summed E-state index contributed by atoms with van der Waals surface area (Å²) in [6.07, 6.45) is -0.176. The second-order valence-corrected chi connectivity index (χ2v) is 11.4. The topological polar surface area (TPSA) is 285 Å². The Morgan fingerprint density at radius 2 is 1.00 bits per heavy atom. The molecule has 22 heteroatoms. The molecule has 1 aliphatic heterocycles. The minimum absolute atomic E-state index is 0.00418. The SMILES string of the molecule is CC(=O)N(O)CCC[C@@H]1NC(=O)CNC(=O)CNC(=O)CNC(=O)[C@H](CCCN([O][Ga])C(C)=O)NC(=O)[C@H](CCCN(O)C(C)=O)NC1=O. The molecule has 1 fully saturated rings. The molecule has 49 heavy (non-hydrogen) atoms. The number of nitrogens with zero attached hydrogens (tertiary/aromatic N) is 3. The maximum absolute atomic E-state index is 13.6. The Labute approximate surface area is 292 Å². The van der Waals surface area contributed by atoms with Crippen LogP contribution in [0.15, 0.2) is 0 Å². The maximum atomic E-state index is 13.6. The molecule has 0 aromatic carbocycles. The van der Waals surface area contributed by atoms with Crippen molar-refractivity contribution in [1.29, 1.82) is 0 Å². The van der Waals surface area contributed by atoms with Gasteiger partial charge in [0.2, 0.25) is 23.6 Å². The molecule has 1 rings (SSSR count). The van der Waals surface area contributed by atoms with Crippen molar-refractivity contribution in [3.8, 4) is 0 Å². The van der Waals surface area contributed by atoms with E-state index < -0.39 is 90.9 Å². The summed E-state index contributed by atoms with van der Waals surface area (Å²) in [6, 6.07) is -4.01. The number of carbonyl (C=O) groups excluding carboxylic acids is 9. The first-order valence-corrected chi connectivity index (χ1v) is 16.3. The summed E-state index contributed by atoms with van der Waals surface area (Å²) in [6.45, 7) is 1.42. The van der Waals surface area contributed by atoms with E-state index in [9.17, 15) is 53.6 Å². The fourth-order valence-electron chi connectivity index (χ4n) is 4.30. The molecule has 0 aliphatic carbocycles.